The van der Waals surface area contributed by atoms with Crippen molar-refractivity contribution in [2.75, 3.05) is 26.7 Å². The van der Waals surface area contributed by atoms with Crippen LogP contribution in [0.3, 0.4) is 0 Å². The molecule has 0 saturated carbocycles. The first-order valence-electron chi connectivity index (χ1n) is 4.81. The highest BCUT2D eigenvalue weighted by atomic mass is 19.1. The Morgan fingerprint density at radius 1 is 1.46 bits per heavy atom. The van der Waals surface area contributed by atoms with Crippen LogP contribution in [0.25, 0.3) is 0 Å². The number of carbonyl (C=O) groups excluding carboxylic acids is 1. The van der Waals surface area contributed by atoms with Gasteiger partial charge in [-0.15, -0.1) is 0 Å². The number of likely N-dealkylation sites (N-methyl/N-ethyl adjacent to an activating group) is 1. The first kappa shape index (κ1) is 8.94. The van der Waals surface area contributed by atoms with Gasteiger partial charge in [0.1, 0.15) is 6.17 Å². The summed E-state index contributed by atoms with van der Waals surface area (Å²) in [7, 11) is 1.96. The van der Waals surface area contributed by atoms with Gasteiger partial charge in [-0.25, -0.2) is 4.39 Å². The number of carbonyl (C=O) groups is 1. The molecule has 2 aliphatic rings. The first-order chi connectivity index (χ1) is 6.18. The van der Waals surface area contributed by atoms with Gasteiger partial charge in [-0.1, -0.05) is 0 Å². The molecule has 13 heavy (non-hydrogen) atoms. The van der Waals surface area contributed by atoms with Crippen molar-refractivity contribution >= 4 is 5.91 Å². The Kier molecular flexibility index (Phi) is 2.24. The lowest BCUT2D eigenvalue weighted by Gasteiger charge is -2.37. The molecule has 3 nitrogen and oxygen atoms in total. The molecule has 0 aliphatic carbocycles. The fourth-order valence-corrected chi connectivity index (χ4v) is 2.04. The molecule has 4 heteroatoms. The van der Waals surface area contributed by atoms with Crippen LogP contribution in [-0.4, -0.2) is 54.6 Å². The van der Waals surface area contributed by atoms with E-state index in [0.717, 1.165) is 19.4 Å². The Bertz CT molecular complexity index is 216. The van der Waals surface area contributed by atoms with E-state index in [1.807, 2.05) is 7.05 Å². The third-order valence-electron chi connectivity index (χ3n) is 2.95. The molecule has 0 aromatic carbocycles. The summed E-state index contributed by atoms with van der Waals surface area (Å²) >= 11 is 0. The van der Waals surface area contributed by atoms with E-state index >= 15 is 0 Å². The van der Waals surface area contributed by atoms with E-state index in [2.05, 4.69) is 4.90 Å². The Balaban J connectivity index is 1.89. The zero-order valence-electron chi connectivity index (χ0n) is 7.87. The molecule has 0 radical (unpaired) electrons. The van der Waals surface area contributed by atoms with E-state index in [1.165, 1.54) is 0 Å². The second-order valence-electron chi connectivity index (χ2n) is 3.98. The molecule has 0 bridgehead atoms. The number of likely N-dealkylation sites (tertiary alicyclic amines) is 2. The summed E-state index contributed by atoms with van der Waals surface area (Å²) in [5.41, 5.74) is 0. The van der Waals surface area contributed by atoms with Gasteiger partial charge in [-0.2, -0.15) is 0 Å². The summed E-state index contributed by atoms with van der Waals surface area (Å²) in [6.45, 7) is 1.61. The monoisotopic (exact) mass is 186 g/mol. The molecule has 1 unspecified atom stereocenters. The molecule has 1 atom stereocenters. The van der Waals surface area contributed by atoms with Crippen molar-refractivity contribution < 1.29 is 9.18 Å². The van der Waals surface area contributed by atoms with Crippen molar-refractivity contribution in [1.82, 2.24) is 9.80 Å². The molecular weight excluding hydrogens is 171 g/mol. The smallest absolute Gasteiger partial charge is 0.240 e. The van der Waals surface area contributed by atoms with Crippen LogP contribution in [0.1, 0.15) is 12.8 Å². The molecular formula is C9H15FN2O. The van der Waals surface area contributed by atoms with E-state index in [0.29, 0.717) is 13.1 Å². The van der Waals surface area contributed by atoms with Crippen LogP contribution in [-0.2, 0) is 4.79 Å². The van der Waals surface area contributed by atoms with Crippen molar-refractivity contribution in [2.45, 2.75) is 25.1 Å². The Labute approximate surface area is 77.5 Å². The van der Waals surface area contributed by atoms with E-state index in [1.54, 1.807) is 4.90 Å². The number of rotatable bonds is 1. The molecule has 74 valence electrons. The van der Waals surface area contributed by atoms with Crippen molar-refractivity contribution in [2.24, 2.45) is 0 Å². The zero-order valence-corrected chi connectivity index (χ0v) is 7.87. The lowest BCUT2D eigenvalue weighted by molar-refractivity contribution is -0.142. The molecule has 0 N–H and O–H groups in total. The van der Waals surface area contributed by atoms with Gasteiger partial charge in [-0.05, 0) is 26.4 Å². The van der Waals surface area contributed by atoms with Gasteiger partial charge in [-0.3, -0.25) is 9.69 Å². The first-order valence-corrected chi connectivity index (χ1v) is 4.81. The minimum atomic E-state index is -0.782. The van der Waals surface area contributed by atoms with Crippen LogP contribution in [0.15, 0.2) is 0 Å². The van der Waals surface area contributed by atoms with Gasteiger partial charge in [0, 0.05) is 0 Å². The molecule has 2 heterocycles. The summed E-state index contributed by atoms with van der Waals surface area (Å²) in [6, 6.07) is 0.0208. The van der Waals surface area contributed by atoms with Crippen LogP contribution >= 0.6 is 0 Å². The average Bonchev–Trinajstić information content (AvgIpc) is 2.44. The Morgan fingerprint density at radius 2 is 2.15 bits per heavy atom. The highest BCUT2D eigenvalue weighted by molar-refractivity contribution is 5.83. The summed E-state index contributed by atoms with van der Waals surface area (Å²) < 4.78 is 12.5. The van der Waals surface area contributed by atoms with E-state index in [4.69, 9.17) is 0 Å². The highest BCUT2D eigenvalue weighted by Crippen LogP contribution is 2.20. The lowest BCUT2D eigenvalue weighted by atomic mass is 10.1. The second kappa shape index (κ2) is 3.25. The minimum absolute atomic E-state index is 0.0208. The molecule has 1 amide bonds. The maximum absolute atomic E-state index is 12.5. The Hall–Kier alpha value is -0.640. The SMILES string of the molecule is CN1CCCC1C(=O)N1CC(F)C1. The minimum Gasteiger partial charge on any atom is -0.335 e. The third-order valence-corrected chi connectivity index (χ3v) is 2.95. The molecule has 2 saturated heterocycles. The van der Waals surface area contributed by atoms with Crippen molar-refractivity contribution in [3.8, 4) is 0 Å². The van der Waals surface area contributed by atoms with Crippen LogP contribution < -0.4 is 0 Å². The van der Waals surface area contributed by atoms with E-state index in [9.17, 15) is 9.18 Å². The van der Waals surface area contributed by atoms with Gasteiger partial charge in [0.05, 0.1) is 19.1 Å². The van der Waals surface area contributed by atoms with Crippen molar-refractivity contribution in [1.29, 1.82) is 0 Å². The van der Waals surface area contributed by atoms with Gasteiger partial charge < -0.3 is 4.90 Å². The number of amides is 1. The number of nitrogens with zero attached hydrogens (tertiary/aromatic N) is 2. The number of alkyl halides is 1. The molecule has 2 rings (SSSR count). The largest absolute Gasteiger partial charge is 0.335 e. The maximum atomic E-state index is 12.5. The molecule has 2 fully saturated rings. The quantitative estimate of drug-likeness (QED) is 0.586. The van der Waals surface area contributed by atoms with Gasteiger partial charge in [0.15, 0.2) is 0 Å². The standard InChI is InChI=1S/C9H15FN2O/c1-11-4-2-3-8(11)9(13)12-5-7(10)6-12/h7-8H,2-6H2,1H3. The van der Waals surface area contributed by atoms with Crippen LogP contribution in [0, 0.1) is 0 Å². The van der Waals surface area contributed by atoms with Crippen molar-refractivity contribution in [3.05, 3.63) is 0 Å². The normalized spacial score (nSPS) is 30.6. The number of hydrogen-bond acceptors (Lipinski definition) is 2. The van der Waals surface area contributed by atoms with E-state index < -0.39 is 6.17 Å². The summed E-state index contributed by atoms with van der Waals surface area (Å²) in [4.78, 5) is 15.4. The number of hydrogen-bond donors (Lipinski definition) is 0. The predicted octanol–water partition coefficient (Wildman–Crippen LogP) is 0.261. The molecule has 0 aromatic heterocycles. The lowest BCUT2D eigenvalue weighted by Crippen LogP contribution is -2.56. The highest BCUT2D eigenvalue weighted by Gasteiger charge is 2.37. The van der Waals surface area contributed by atoms with Crippen molar-refractivity contribution in [3.63, 3.8) is 0 Å². The molecule has 0 aromatic rings. The Morgan fingerprint density at radius 3 is 2.62 bits per heavy atom. The van der Waals surface area contributed by atoms with Gasteiger partial charge in [0.25, 0.3) is 0 Å². The fraction of sp³-hybridized carbons (Fsp3) is 0.889. The topological polar surface area (TPSA) is 23.6 Å². The molecule has 0 spiro atoms. The fourth-order valence-electron chi connectivity index (χ4n) is 2.04. The third kappa shape index (κ3) is 1.55. The van der Waals surface area contributed by atoms with E-state index in [-0.39, 0.29) is 11.9 Å². The average molecular weight is 186 g/mol. The van der Waals surface area contributed by atoms with Gasteiger partial charge >= 0.3 is 0 Å². The second-order valence-corrected chi connectivity index (χ2v) is 3.98. The predicted molar refractivity (Wildman–Crippen MR) is 47.1 cm³/mol. The number of halogens is 1. The maximum Gasteiger partial charge on any atom is 0.240 e. The van der Waals surface area contributed by atoms with Crippen LogP contribution in [0.4, 0.5) is 4.39 Å². The summed E-state index contributed by atoms with van der Waals surface area (Å²) in [6.07, 6.45) is 1.23. The zero-order chi connectivity index (χ0) is 9.42. The summed E-state index contributed by atoms with van der Waals surface area (Å²) in [5, 5.41) is 0. The van der Waals surface area contributed by atoms with Crippen LogP contribution in [0.2, 0.25) is 0 Å². The summed E-state index contributed by atoms with van der Waals surface area (Å²) in [5.74, 6) is 0.119. The molecule has 2 aliphatic heterocycles. The van der Waals surface area contributed by atoms with Crippen LogP contribution in [0.5, 0.6) is 0 Å². The van der Waals surface area contributed by atoms with Gasteiger partial charge in [0.2, 0.25) is 5.91 Å².